The molecule has 3 aromatic rings. The Labute approximate surface area is 147 Å². The molecule has 0 aliphatic heterocycles. The minimum absolute atomic E-state index is 0.0802. The fraction of sp³-hybridized carbons (Fsp3) is 0.250. The van der Waals surface area contributed by atoms with E-state index in [0.717, 1.165) is 5.56 Å². The van der Waals surface area contributed by atoms with Crippen LogP contribution in [0.2, 0.25) is 0 Å². The summed E-state index contributed by atoms with van der Waals surface area (Å²) in [4.78, 5) is 14.1. The summed E-state index contributed by atoms with van der Waals surface area (Å²) < 4.78 is 5.33. The SMILES string of the molecule is Cc1nnc(CN(C)C(=O)c2ccc(-c3cccc(C)c3C)cc2)o1. The van der Waals surface area contributed by atoms with E-state index >= 15 is 0 Å². The highest BCUT2D eigenvalue weighted by molar-refractivity contribution is 5.94. The van der Waals surface area contributed by atoms with Crippen LogP contribution in [-0.4, -0.2) is 28.1 Å². The van der Waals surface area contributed by atoms with Gasteiger partial charge in [-0.3, -0.25) is 4.79 Å². The van der Waals surface area contributed by atoms with E-state index in [0.29, 0.717) is 23.9 Å². The van der Waals surface area contributed by atoms with Crippen molar-refractivity contribution in [2.24, 2.45) is 0 Å². The molecule has 0 radical (unpaired) electrons. The molecule has 1 amide bonds. The van der Waals surface area contributed by atoms with Gasteiger partial charge in [0.1, 0.15) is 0 Å². The molecule has 1 heterocycles. The van der Waals surface area contributed by atoms with Crippen LogP contribution in [0.25, 0.3) is 11.1 Å². The Kier molecular flexibility index (Phi) is 4.65. The summed E-state index contributed by atoms with van der Waals surface area (Å²) in [6.07, 6.45) is 0. The maximum atomic E-state index is 12.6. The van der Waals surface area contributed by atoms with E-state index in [-0.39, 0.29) is 5.91 Å². The van der Waals surface area contributed by atoms with Gasteiger partial charge in [0.25, 0.3) is 5.91 Å². The first-order valence-corrected chi connectivity index (χ1v) is 8.17. The molecule has 2 aromatic carbocycles. The summed E-state index contributed by atoms with van der Waals surface area (Å²) in [7, 11) is 1.72. The number of rotatable bonds is 4. The van der Waals surface area contributed by atoms with E-state index in [1.54, 1.807) is 18.9 Å². The Balaban J connectivity index is 1.77. The summed E-state index contributed by atoms with van der Waals surface area (Å²) in [6, 6.07) is 13.9. The third kappa shape index (κ3) is 3.60. The standard InChI is InChI=1S/C20H21N3O2/c1-13-6-5-7-18(14(13)2)16-8-10-17(11-9-16)20(24)23(4)12-19-22-21-15(3)25-19/h5-11H,12H2,1-4H3. The first kappa shape index (κ1) is 16.9. The molecular weight excluding hydrogens is 314 g/mol. The minimum Gasteiger partial charge on any atom is -0.424 e. The lowest BCUT2D eigenvalue weighted by molar-refractivity contribution is 0.0772. The molecule has 1 aromatic heterocycles. The van der Waals surface area contributed by atoms with Crippen LogP contribution >= 0.6 is 0 Å². The molecule has 0 aliphatic rings. The highest BCUT2D eigenvalue weighted by Gasteiger charge is 2.15. The molecule has 5 nitrogen and oxygen atoms in total. The average molecular weight is 335 g/mol. The first-order chi connectivity index (χ1) is 12.0. The van der Waals surface area contributed by atoms with Crippen molar-refractivity contribution < 1.29 is 9.21 Å². The number of aromatic nitrogens is 2. The molecule has 0 N–H and O–H groups in total. The highest BCUT2D eigenvalue weighted by Crippen LogP contribution is 2.26. The molecule has 5 heteroatoms. The number of carbonyl (C=O) groups excluding carboxylic acids is 1. The van der Waals surface area contributed by atoms with E-state index in [1.807, 2.05) is 24.3 Å². The zero-order valence-corrected chi connectivity index (χ0v) is 14.9. The monoisotopic (exact) mass is 335 g/mol. The predicted molar refractivity (Wildman–Crippen MR) is 96.2 cm³/mol. The lowest BCUT2D eigenvalue weighted by Crippen LogP contribution is -2.26. The van der Waals surface area contributed by atoms with E-state index in [1.165, 1.54) is 16.7 Å². The zero-order chi connectivity index (χ0) is 18.0. The quantitative estimate of drug-likeness (QED) is 0.725. The number of carbonyl (C=O) groups is 1. The van der Waals surface area contributed by atoms with Crippen LogP contribution in [-0.2, 0) is 6.54 Å². The van der Waals surface area contributed by atoms with Crippen LogP contribution in [0.1, 0.15) is 33.3 Å². The lowest BCUT2D eigenvalue weighted by atomic mass is 9.96. The number of hydrogen-bond donors (Lipinski definition) is 0. The molecule has 0 bridgehead atoms. The van der Waals surface area contributed by atoms with E-state index in [4.69, 9.17) is 4.42 Å². The van der Waals surface area contributed by atoms with Crippen molar-refractivity contribution in [2.75, 3.05) is 7.05 Å². The Bertz CT molecular complexity index is 898. The van der Waals surface area contributed by atoms with Crippen LogP contribution in [0.15, 0.2) is 46.9 Å². The molecule has 0 atom stereocenters. The number of benzene rings is 2. The topological polar surface area (TPSA) is 59.2 Å². The molecule has 128 valence electrons. The number of hydrogen-bond acceptors (Lipinski definition) is 4. The van der Waals surface area contributed by atoms with Crippen LogP contribution in [0, 0.1) is 20.8 Å². The van der Waals surface area contributed by atoms with Crippen LogP contribution in [0.5, 0.6) is 0 Å². The van der Waals surface area contributed by atoms with Gasteiger partial charge >= 0.3 is 0 Å². The van der Waals surface area contributed by atoms with Crippen LogP contribution < -0.4 is 0 Å². The van der Waals surface area contributed by atoms with Gasteiger partial charge in [0.15, 0.2) is 0 Å². The van der Waals surface area contributed by atoms with Gasteiger partial charge in [0.05, 0.1) is 6.54 Å². The van der Waals surface area contributed by atoms with E-state index in [2.05, 4.69) is 42.2 Å². The largest absolute Gasteiger partial charge is 0.424 e. The zero-order valence-electron chi connectivity index (χ0n) is 14.9. The fourth-order valence-electron chi connectivity index (χ4n) is 2.75. The van der Waals surface area contributed by atoms with Crippen molar-refractivity contribution in [1.82, 2.24) is 15.1 Å². The minimum atomic E-state index is -0.0802. The number of aryl methyl sites for hydroxylation is 2. The van der Waals surface area contributed by atoms with Gasteiger partial charge in [-0.05, 0) is 48.2 Å². The Morgan fingerprint density at radius 3 is 2.40 bits per heavy atom. The first-order valence-electron chi connectivity index (χ1n) is 8.17. The molecule has 25 heavy (non-hydrogen) atoms. The predicted octanol–water partition coefficient (Wildman–Crippen LogP) is 3.93. The Morgan fingerprint density at radius 1 is 1.04 bits per heavy atom. The molecule has 0 saturated carbocycles. The van der Waals surface area contributed by atoms with Crippen molar-refractivity contribution in [2.45, 2.75) is 27.3 Å². The normalized spacial score (nSPS) is 10.7. The second-order valence-corrected chi connectivity index (χ2v) is 6.20. The molecular formula is C20H21N3O2. The van der Waals surface area contributed by atoms with Gasteiger partial charge in [-0.2, -0.15) is 0 Å². The van der Waals surface area contributed by atoms with Crippen LogP contribution in [0.4, 0.5) is 0 Å². The van der Waals surface area contributed by atoms with Crippen molar-refractivity contribution in [1.29, 1.82) is 0 Å². The Hall–Kier alpha value is -2.95. The van der Waals surface area contributed by atoms with Gasteiger partial charge in [-0.1, -0.05) is 30.3 Å². The second-order valence-electron chi connectivity index (χ2n) is 6.20. The molecule has 0 spiro atoms. The van der Waals surface area contributed by atoms with Gasteiger partial charge in [-0.25, -0.2) is 0 Å². The van der Waals surface area contributed by atoms with E-state index < -0.39 is 0 Å². The summed E-state index contributed by atoms with van der Waals surface area (Å²) in [5.41, 5.74) is 5.44. The smallest absolute Gasteiger partial charge is 0.254 e. The third-order valence-electron chi connectivity index (χ3n) is 4.33. The van der Waals surface area contributed by atoms with Crippen molar-refractivity contribution in [3.8, 4) is 11.1 Å². The Morgan fingerprint density at radius 2 is 1.76 bits per heavy atom. The summed E-state index contributed by atoms with van der Waals surface area (Å²) in [6.45, 7) is 6.23. The van der Waals surface area contributed by atoms with Gasteiger partial charge in [0, 0.05) is 19.5 Å². The maximum absolute atomic E-state index is 12.6. The van der Waals surface area contributed by atoms with Gasteiger partial charge in [-0.15, -0.1) is 10.2 Å². The molecule has 0 aliphatic carbocycles. The van der Waals surface area contributed by atoms with Gasteiger partial charge in [0.2, 0.25) is 11.8 Å². The molecule has 0 saturated heterocycles. The molecule has 0 unspecified atom stereocenters. The average Bonchev–Trinajstić information content (AvgIpc) is 3.01. The van der Waals surface area contributed by atoms with Crippen LogP contribution in [0.3, 0.4) is 0 Å². The third-order valence-corrected chi connectivity index (χ3v) is 4.33. The summed E-state index contributed by atoms with van der Waals surface area (Å²) >= 11 is 0. The lowest BCUT2D eigenvalue weighted by Gasteiger charge is -2.15. The van der Waals surface area contributed by atoms with Crippen molar-refractivity contribution in [3.63, 3.8) is 0 Å². The highest BCUT2D eigenvalue weighted by atomic mass is 16.4. The summed E-state index contributed by atoms with van der Waals surface area (Å²) in [5.74, 6) is 0.845. The van der Waals surface area contributed by atoms with Crippen molar-refractivity contribution in [3.05, 3.63) is 70.9 Å². The summed E-state index contributed by atoms with van der Waals surface area (Å²) in [5, 5.41) is 7.70. The second kappa shape index (κ2) is 6.89. The van der Waals surface area contributed by atoms with E-state index in [9.17, 15) is 4.79 Å². The van der Waals surface area contributed by atoms with Gasteiger partial charge < -0.3 is 9.32 Å². The molecule has 3 rings (SSSR count). The number of amides is 1. The molecule has 0 fully saturated rings. The van der Waals surface area contributed by atoms with Crippen molar-refractivity contribution >= 4 is 5.91 Å². The number of nitrogens with zero attached hydrogens (tertiary/aromatic N) is 3. The fourth-order valence-corrected chi connectivity index (χ4v) is 2.75. The maximum Gasteiger partial charge on any atom is 0.254 e.